The van der Waals surface area contributed by atoms with Gasteiger partial charge in [-0.25, -0.2) is 0 Å². The number of anilines is 2. The molecule has 6 heteroatoms. The van der Waals surface area contributed by atoms with Gasteiger partial charge in [0.15, 0.2) is 0 Å². The molecule has 3 saturated heterocycles. The van der Waals surface area contributed by atoms with E-state index in [0.717, 1.165) is 64.4 Å². The summed E-state index contributed by atoms with van der Waals surface area (Å²) in [6.07, 6.45) is 9.29. The van der Waals surface area contributed by atoms with Crippen molar-refractivity contribution in [2.45, 2.75) is 71.6 Å². The molecule has 1 aromatic rings. The molecule has 0 amide bonds. The Morgan fingerprint density at radius 3 is 2.05 bits per heavy atom. The van der Waals surface area contributed by atoms with Crippen LogP contribution in [0.25, 0.3) is 0 Å². The van der Waals surface area contributed by atoms with E-state index in [4.69, 9.17) is 9.47 Å². The van der Waals surface area contributed by atoms with Crippen molar-refractivity contribution in [1.82, 2.24) is 4.90 Å². The number of hydrogen-bond acceptors (Lipinski definition) is 5. The Kier molecular flexibility index (Phi) is 10.5. The minimum atomic E-state index is 0. The first-order valence-corrected chi connectivity index (χ1v) is 15.0. The highest BCUT2D eigenvalue weighted by Gasteiger charge is 2.32. The van der Waals surface area contributed by atoms with Crippen molar-refractivity contribution in [3.05, 3.63) is 23.8 Å². The zero-order chi connectivity index (χ0) is 25.0. The van der Waals surface area contributed by atoms with Gasteiger partial charge in [0.2, 0.25) is 0 Å². The Morgan fingerprint density at radius 1 is 0.757 bits per heavy atom. The average Bonchev–Trinajstić information content (AvgIpc) is 2.93. The molecule has 3 heterocycles. The lowest BCUT2D eigenvalue weighted by Gasteiger charge is -2.41. The van der Waals surface area contributed by atoms with E-state index in [2.05, 4.69) is 53.7 Å². The van der Waals surface area contributed by atoms with Gasteiger partial charge in [-0.05, 0) is 98.4 Å². The zero-order valence-electron chi connectivity index (χ0n) is 23.8. The molecule has 0 unspecified atom stereocenters. The molecule has 5 nitrogen and oxygen atoms in total. The molecular formula is C31H52ClN3O2. The van der Waals surface area contributed by atoms with Gasteiger partial charge in [-0.15, -0.1) is 12.4 Å². The Balaban J connectivity index is 0.00000320. The summed E-state index contributed by atoms with van der Waals surface area (Å²) in [7, 11) is 0. The first-order valence-electron chi connectivity index (χ1n) is 15.0. The molecule has 3 aliphatic heterocycles. The summed E-state index contributed by atoms with van der Waals surface area (Å²) < 4.78 is 11.2. The second kappa shape index (κ2) is 13.4. The molecule has 5 rings (SSSR count). The number of benzene rings is 1. The van der Waals surface area contributed by atoms with Crippen molar-refractivity contribution in [3.8, 4) is 0 Å². The van der Waals surface area contributed by atoms with Crippen molar-refractivity contribution in [2.75, 3.05) is 82.0 Å². The summed E-state index contributed by atoms with van der Waals surface area (Å²) in [6, 6.07) is 7.43. The number of nitrogens with zero attached hydrogens (tertiary/aromatic N) is 3. The van der Waals surface area contributed by atoms with Crippen LogP contribution >= 0.6 is 12.4 Å². The highest BCUT2D eigenvalue weighted by molar-refractivity contribution is 5.85. The summed E-state index contributed by atoms with van der Waals surface area (Å²) in [5, 5.41) is 0. The molecule has 0 radical (unpaired) electrons. The Labute approximate surface area is 232 Å². The largest absolute Gasteiger partial charge is 0.381 e. The van der Waals surface area contributed by atoms with Crippen LogP contribution in [0.3, 0.4) is 0 Å². The van der Waals surface area contributed by atoms with Gasteiger partial charge in [-0.1, -0.05) is 20.8 Å². The summed E-state index contributed by atoms with van der Waals surface area (Å²) >= 11 is 0. The molecule has 1 aliphatic carbocycles. The van der Waals surface area contributed by atoms with Gasteiger partial charge in [-0.3, -0.25) is 4.90 Å². The maximum Gasteiger partial charge on any atom is 0.0642 e. The van der Waals surface area contributed by atoms with Gasteiger partial charge >= 0.3 is 0 Å². The van der Waals surface area contributed by atoms with E-state index in [1.165, 1.54) is 76.0 Å². The van der Waals surface area contributed by atoms with Crippen LogP contribution in [-0.2, 0) is 9.47 Å². The third-order valence-electron chi connectivity index (χ3n) is 9.69. The molecule has 0 atom stereocenters. The van der Waals surface area contributed by atoms with Crippen LogP contribution in [0.5, 0.6) is 0 Å². The minimum Gasteiger partial charge on any atom is -0.381 e. The van der Waals surface area contributed by atoms with Gasteiger partial charge in [0.25, 0.3) is 0 Å². The Morgan fingerprint density at radius 2 is 1.41 bits per heavy atom. The number of piperazine rings is 1. The van der Waals surface area contributed by atoms with Crippen molar-refractivity contribution in [1.29, 1.82) is 0 Å². The van der Waals surface area contributed by atoms with Gasteiger partial charge in [0, 0.05) is 63.9 Å². The monoisotopic (exact) mass is 533 g/mol. The van der Waals surface area contributed by atoms with E-state index in [0.29, 0.717) is 11.3 Å². The maximum absolute atomic E-state index is 5.64. The molecule has 37 heavy (non-hydrogen) atoms. The van der Waals surface area contributed by atoms with Crippen molar-refractivity contribution >= 4 is 23.8 Å². The highest BCUT2D eigenvalue weighted by Crippen LogP contribution is 2.46. The lowest BCUT2D eigenvalue weighted by Crippen LogP contribution is -2.47. The molecule has 1 saturated carbocycles. The highest BCUT2D eigenvalue weighted by atomic mass is 35.5. The summed E-state index contributed by atoms with van der Waals surface area (Å²) in [5.41, 5.74) is 4.99. The first-order chi connectivity index (χ1) is 17.5. The van der Waals surface area contributed by atoms with E-state index in [9.17, 15) is 0 Å². The third-order valence-corrected chi connectivity index (χ3v) is 9.69. The van der Waals surface area contributed by atoms with Crippen LogP contribution in [0.15, 0.2) is 18.2 Å². The fourth-order valence-electron chi connectivity index (χ4n) is 7.06. The number of rotatable bonds is 6. The molecule has 1 aromatic carbocycles. The standard InChI is InChI=1S/C31H51N3O2.ClH/c1-31(2,3)27-6-4-26(5-7-27)29-24-28(33-18-22-36-23-19-33)8-9-30(29)34-16-14-32(15-17-34)13-10-25-11-20-35-21-12-25;/h8-9,24-27H,4-7,10-23H2,1-3H3;1H. The molecule has 0 aromatic heterocycles. The Hall–Kier alpha value is -1.01. The minimum absolute atomic E-state index is 0. The number of halogens is 1. The fourth-order valence-corrected chi connectivity index (χ4v) is 7.06. The summed E-state index contributed by atoms with van der Waals surface area (Å²) in [5.74, 6) is 2.43. The van der Waals surface area contributed by atoms with Crippen LogP contribution in [0.2, 0.25) is 0 Å². The van der Waals surface area contributed by atoms with Gasteiger partial charge in [0.1, 0.15) is 0 Å². The van der Waals surface area contributed by atoms with E-state index < -0.39 is 0 Å². The molecular weight excluding hydrogens is 482 g/mol. The van der Waals surface area contributed by atoms with Crippen LogP contribution in [0.4, 0.5) is 11.4 Å². The van der Waals surface area contributed by atoms with E-state index in [-0.39, 0.29) is 12.4 Å². The van der Waals surface area contributed by atoms with Gasteiger partial charge in [-0.2, -0.15) is 0 Å². The predicted octanol–water partition coefficient (Wildman–Crippen LogP) is 6.20. The van der Waals surface area contributed by atoms with Crippen LogP contribution < -0.4 is 9.80 Å². The number of morpholine rings is 1. The van der Waals surface area contributed by atoms with Crippen LogP contribution in [0, 0.1) is 17.3 Å². The number of hydrogen-bond donors (Lipinski definition) is 0. The molecule has 4 aliphatic rings. The molecule has 210 valence electrons. The summed E-state index contributed by atoms with van der Waals surface area (Å²) in [4.78, 5) is 7.95. The maximum atomic E-state index is 5.64. The Bertz CT molecular complexity index is 816. The summed E-state index contributed by atoms with van der Waals surface area (Å²) in [6.45, 7) is 19.0. The second-order valence-corrected chi connectivity index (χ2v) is 12.9. The van der Waals surface area contributed by atoms with Gasteiger partial charge in [0.05, 0.1) is 13.2 Å². The second-order valence-electron chi connectivity index (χ2n) is 12.9. The van der Waals surface area contributed by atoms with E-state index >= 15 is 0 Å². The smallest absolute Gasteiger partial charge is 0.0642 e. The first kappa shape index (κ1) is 29.0. The van der Waals surface area contributed by atoms with Crippen molar-refractivity contribution in [3.63, 3.8) is 0 Å². The predicted molar refractivity (Wildman–Crippen MR) is 158 cm³/mol. The SMILES string of the molecule is CC(C)(C)C1CCC(c2cc(N3CCOCC3)ccc2N2CCN(CCC3CCOCC3)CC2)CC1.Cl. The molecule has 0 N–H and O–H groups in total. The van der Waals surface area contributed by atoms with Crippen molar-refractivity contribution < 1.29 is 9.47 Å². The topological polar surface area (TPSA) is 28.2 Å². The van der Waals surface area contributed by atoms with E-state index in [1.54, 1.807) is 5.56 Å². The normalized spacial score (nSPS) is 26.7. The van der Waals surface area contributed by atoms with E-state index in [1.807, 2.05) is 0 Å². The molecule has 4 fully saturated rings. The van der Waals surface area contributed by atoms with Gasteiger partial charge < -0.3 is 19.3 Å². The van der Waals surface area contributed by atoms with Crippen LogP contribution in [-0.4, -0.2) is 77.1 Å². The van der Waals surface area contributed by atoms with Crippen LogP contribution in [0.1, 0.15) is 77.2 Å². The van der Waals surface area contributed by atoms with Crippen molar-refractivity contribution in [2.24, 2.45) is 17.3 Å². The zero-order valence-corrected chi connectivity index (χ0v) is 24.6. The average molecular weight is 534 g/mol. The number of ether oxygens (including phenoxy) is 2. The third kappa shape index (κ3) is 7.56. The fraction of sp³-hybridized carbons (Fsp3) is 0.806. The molecule has 0 bridgehead atoms. The quantitative estimate of drug-likeness (QED) is 0.434. The lowest BCUT2D eigenvalue weighted by molar-refractivity contribution is 0.0598. The molecule has 0 spiro atoms. The lowest BCUT2D eigenvalue weighted by atomic mass is 9.68.